The number of nitrogens with one attached hydrogen (secondary N) is 2. The highest BCUT2D eigenvalue weighted by atomic mass is 32.2. The third kappa shape index (κ3) is 7.28. The smallest absolute Gasteiger partial charge is 0.332 e. The van der Waals surface area contributed by atoms with Crippen molar-refractivity contribution >= 4 is 22.0 Å². The van der Waals surface area contributed by atoms with Crippen molar-refractivity contribution < 1.29 is 27.5 Å². The number of esters is 2. The molecular weight excluding hydrogens is 504 g/mol. The predicted octanol–water partition coefficient (Wildman–Crippen LogP) is 3.85. The average molecular weight is 537 g/mol. The average Bonchev–Trinajstić information content (AvgIpc) is 3.45. The van der Waals surface area contributed by atoms with Crippen molar-refractivity contribution in [3.05, 3.63) is 95.6 Å². The van der Waals surface area contributed by atoms with Crippen molar-refractivity contribution in [3.63, 3.8) is 0 Å². The highest BCUT2D eigenvalue weighted by Crippen LogP contribution is 2.23. The summed E-state index contributed by atoms with van der Waals surface area (Å²) in [5.74, 6) is -1.02. The Morgan fingerprint density at radius 1 is 1.00 bits per heavy atom. The van der Waals surface area contributed by atoms with E-state index in [0.717, 1.165) is 17.5 Å². The second-order valence-electron chi connectivity index (χ2n) is 9.39. The third-order valence-electron chi connectivity index (χ3n) is 6.40. The van der Waals surface area contributed by atoms with Crippen LogP contribution >= 0.6 is 0 Å². The first-order valence-electron chi connectivity index (χ1n) is 12.6. The van der Waals surface area contributed by atoms with Crippen LogP contribution in [0.4, 0.5) is 0 Å². The van der Waals surface area contributed by atoms with E-state index >= 15 is 0 Å². The first kappa shape index (κ1) is 27.5. The Balaban J connectivity index is 1.49. The molecule has 1 heterocycles. The molecule has 8 nitrogen and oxygen atoms in total. The molecule has 0 aliphatic carbocycles. The van der Waals surface area contributed by atoms with Crippen molar-refractivity contribution in [2.75, 3.05) is 6.54 Å². The molecule has 9 heteroatoms. The van der Waals surface area contributed by atoms with Gasteiger partial charge in [0, 0.05) is 0 Å². The SMILES string of the molecule is Cc1ccc(S(=O)(=O)N[C@@H](Cc2ccc(OC(C)c3ccccc3)cc2)C(=O)OC(=O)[C@@H]2CCCN2)cc1. The molecule has 38 heavy (non-hydrogen) atoms. The minimum Gasteiger partial charge on any atom is -0.486 e. The van der Waals surface area contributed by atoms with E-state index in [0.29, 0.717) is 24.3 Å². The first-order valence-corrected chi connectivity index (χ1v) is 14.1. The van der Waals surface area contributed by atoms with E-state index in [-0.39, 0.29) is 17.4 Å². The maximum atomic E-state index is 13.1. The van der Waals surface area contributed by atoms with Crippen LogP contribution in [0.2, 0.25) is 0 Å². The zero-order valence-electron chi connectivity index (χ0n) is 21.4. The normalized spacial score (nSPS) is 16.9. The Kier molecular flexibility index (Phi) is 8.93. The van der Waals surface area contributed by atoms with E-state index in [2.05, 4.69) is 10.0 Å². The van der Waals surface area contributed by atoms with Gasteiger partial charge in [-0.25, -0.2) is 18.0 Å². The Morgan fingerprint density at radius 2 is 1.68 bits per heavy atom. The van der Waals surface area contributed by atoms with E-state index in [4.69, 9.17) is 9.47 Å². The van der Waals surface area contributed by atoms with Crippen LogP contribution in [0.25, 0.3) is 0 Å². The van der Waals surface area contributed by atoms with Gasteiger partial charge in [0.1, 0.15) is 23.9 Å². The molecular formula is C29H32N2O6S. The van der Waals surface area contributed by atoms with E-state index in [1.165, 1.54) is 12.1 Å². The molecule has 1 aliphatic rings. The number of aryl methyl sites for hydroxylation is 1. The standard InChI is InChI=1S/C29H32N2O6S/c1-20-10-16-25(17-11-20)38(34,35)31-27(29(33)37-28(32)26-9-6-18-30-26)19-22-12-14-24(15-13-22)36-21(2)23-7-4-3-5-8-23/h3-5,7-8,10-17,21,26-27,30-31H,6,9,18-19H2,1-2H3/t21?,26-,27-/m0/s1. The minimum absolute atomic E-state index is 0.0101. The van der Waals surface area contributed by atoms with Crippen LogP contribution in [0.15, 0.2) is 83.8 Å². The van der Waals surface area contributed by atoms with Gasteiger partial charge in [0.25, 0.3) is 0 Å². The number of ether oxygens (including phenoxy) is 2. The van der Waals surface area contributed by atoms with Gasteiger partial charge in [0.2, 0.25) is 10.0 Å². The lowest BCUT2D eigenvalue weighted by Gasteiger charge is -2.19. The lowest BCUT2D eigenvalue weighted by molar-refractivity contribution is -0.162. The summed E-state index contributed by atoms with van der Waals surface area (Å²) in [6, 6.07) is 21.2. The topological polar surface area (TPSA) is 111 Å². The molecule has 1 saturated heterocycles. The molecule has 3 atom stereocenters. The van der Waals surface area contributed by atoms with Crippen LogP contribution in [0.1, 0.15) is 42.6 Å². The molecule has 0 amide bonds. The van der Waals surface area contributed by atoms with Gasteiger partial charge in [0.05, 0.1) is 4.90 Å². The van der Waals surface area contributed by atoms with Gasteiger partial charge in [0.15, 0.2) is 0 Å². The molecule has 3 aromatic rings. The molecule has 1 fully saturated rings. The monoisotopic (exact) mass is 536 g/mol. The highest BCUT2D eigenvalue weighted by Gasteiger charge is 2.32. The summed E-state index contributed by atoms with van der Waals surface area (Å²) in [4.78, 5) is 25.5. The molecule has 1 aliphatic heterocycles. The van der Waals surface area contributed by atoms with E-state index in [9.17, 15) is 18.0 Å². The lowest BCUT2D eigenvalue weighted by Crippen LogP contribution is -2.45. The van der Waals surface area contributed by atoms with Gasteiger partial charge in [-0.3, -0.25) is 0 Å². The number of carbonyl (C=O) groups excluding carboxylic acids is 2. The van der Waals surface area contributed by atoms with Crippen LogP contribution in [-0.2, 0) is 30.8 Å². The molecule has 0 spiro atoms. The molecule has 1 unspecified atom stereocenters. The van der Waals surface area contributed by atoms with Gasteiger partial charge >= 0.3 is 11.9 Å². The number of carbonyl (C=O) groups is 2. The lowest BCUT2D eigenvalue weighted by atomic mass is 10.1. The molecule has 0 saturated carbocycles. The van der Waals surface area contributed by atoms with Crippen molar-refractivity contribution in [2.45, 2.75) is 56.2 Å². The molecule has 4 rings (SSSR count). The Morgan fingerprint density at radius 3 is 2.32 bits per heavy atom. The summed E-state index contributed by atoms with van der Waals surface area (Å²) in [6.45, 7) is 4.46. The summed E-state index contributed by atoms with van der Waals surface area (Å²) in [6.07, 6.45) is 1.19. The predicted molar refractivity (Wildman–Crippen MR) is 143 cm³/mol. The summed E-state index contributed by atoms with van der Waals surface area (Å²) in [7, 11) is -4.05. The Labute approximate surface area is 223 Å². The zero-order valence-corrected chi connectivity index (χ0v) is 22.2. The molecule has 0 aromatic heterocycles. The largest absolute Gasteiger partial charge is 0.486 e. The maximum Gasteiger partial charge on any atom is 0.332 e. The van der Waals surface area contributed by atoms with Gasteiger partial charge in [-0.05, 0) is 75.0 Å². The van der Waals surface area contributed by atoms with Gasteiger partial charge in [-0.2, -0.15) is 4.72 Å². The van der Waals surface area contributed by atoms with Crippen LogP contribution in [0, 0.1) is 6.92 Å². The molecule has 0 bridgehead atoms. The van der Waals surface area contributed by atoms with Crippen LogP contribution in [0.3, 0.4) is 0 Å². The second kappa shape index (κ2) is 12.3. The number of sulfonamides is 1. The van der Waals surface area contributed by atoms with Crippen molar-refractivity contribution in [3.8, 4) is 5.75 Å². The number of hydrogen-bond donors (Lipinski definition) is 2. The summed E-state index contributed by atoms with van der Waals surface area (Å²) < 4.78 is 39.7. The van der Waals surface area contributed by atoms with Gasteiger partial charge in [-0.1, -0.05) is 60.2 Å². The molecule has 3 aromatic carbocycles. The molecule has 0 radical (unpaired) electrons. The fourth-order valence-electron chi connectivity index (χ4n) is 4.21. The van der Waals surface area contributed by atoms with Crippen molar-refractivity contribution in [1.29, 1.82) is 0 Å². The number of rotatable bonds is 10. The van der Waals surface area contributed by atoms with E-state index < -0.39 is 34.0 Å². The number of benzene rings is 3. The Bertz CT molecular complexity index is 1340. The van der Waals surface area contributed by atoms with Crippen molar-refractivity contribution in [2.24, 2.45) is 0 Å². The van der Waals surface area contributed by atoms with E-state index in [1.54, 1.807) is 36.4 Å². The maximum absolute atomic E-state index is 13.1. The van der Waals surface area contributed by atoms with Crippen LogP contribution in [-0.4, -0.2) is 39.0 Å². The fourth-order valence-corrected chi connectivity index (χ4v) is 5.39. The summed E-state index contributed by atoms with van der Waals surface area (Å²) in [5.41, 5.74) is 2.61. The first-order chi connectivity index (χ1) is 18.2. The summed E-state index contributed by atoms with van der Waals surface area (Å²) >= 11 is 0. The molecule has 2 N–H and O–H groups in total. The van der Waals surface area contributed by atoms with Gasteiger partial charge in [-0.15, -0.1) is 0 Å². The minimum atomic E-state index is -4.05. The van der Waals surface area contributed by atoms with Gasteiger partial charge < -0.3 is 14.8 Å². The van der Waals surface area contributed by atoms with E-state index in [1.807, 2.05) is 44.2 Å². The van der Waals surface area contributed by atoms with Crippen LogP contribution < -0.4 is 14.8 Å². The fraction of sp³-hybridized carbons (Fsp3) is 0.310. The zero-order chi connectivity index (χ0) is 27.1. The third-order valence-corrected chi connectivity index (χ3v) is 7.89. The number of hydrogen-bond acceptors (Lipinski definition) is 7. The second-order valence-corrected chi connectivity index (χ2v) is 11.1. The Hall–Kier alpha value is -3.53. The molecule has 200 valence electrons. The van der Waals surface area contributed by atoms with Crippen molar-refractivity contribution in [1.82, 2.24) is 10.0 Å². The van der Waals surface area contributed by atoms with Crippen LogP contribution in [0.5, 0.6) is 5.75 Å². The highest BCUT2D eigenvalue weighted by molar-refractivity contribution is 7.89. The summed E-state index contributed by atoms with van der Waals surface area (Å²) in [5, 5.41) is 2.98. The quantitative estimate of drug-likeness (QED) is 0.299.